The molecule has 0 saturated heterocycles. The third-order valence-corrected chi connectivity index (χ3v) is 4.48. The van der Waals surface area contributed by atoms with Crippen molar-refractivity contribution in [2.75, 3.05) is 11.9 Å². The lowest BCUT2D eigenvalue weighted by molar-refractivity contribution is -0.141. The molecule has 1 saturated carbocycles. The first-order valence-corrected chi connectivity index (χ1v) is 8.18. The topological polar surface area (TPSA) is 108 Å². The minimum Gasteiger partial charge on any atom is -0.481 e. The maximum absolute atomic E-state index is 12.1. The third kappa shape index (κ3) is 3.93. The number of nitrogens with zero attached hydrogens (tertiary/aromatic N) is 1. The van der Waals surface area contributed by atoms with Crippen molar-refractivity contribution in [1.29, 1.82) is 0 Å². The Balaban J connectivity index is 1.54. The standard InChI is InChI=1S/C18H19N3O4/c22-15(10-20-17(23)12-6-7-13(9-12)18(24)25)21-14-5-1-3-11-4-2-8-19-16(11)14/h1-5,8,12-13H,6-7,9-10H2,(H,20,23)(H,21,22)(H,24,25)/t12-,13+/m0/s1. The zero-order valence-corrected chi connectivity index (χ0v) is 13.6. The van der Waals surface area contributed by atoms with Crippen molar-refractivity contribution in [1.82, 2.24) is 10.3 Å². The number of fused-ring (bicyclic) bond motifs is 1. The number of anilines is 1. The molecule has 1 fully saturated rings. The SMILES string of the molecule is O=C(CNC(=O)[C@H]1CC[C@@H](C(=O)O)C1)Nc1cccc2cccnc12. The number of carboxylic acids is 1. The third-order valence-electron chi connectivity index (χ3n) is 4.48. The average Bonchev–Trinajstić information content (AvgIpc) is 3.10. The monoisotopic (exact) mass is 341 g/mol. The Morgan fingerprint density at radius 1 is 1.12 bits per heavy atom. The molecule has 7 nitrogen and oxygen atoms in total. The maximum Gasteiger partial charge on any atom is 0.306 e. The molecule has 7 heteroatoms. The number of rotatable bonds is 5. The second kappa shape index (κ2) is 7.29. The first-order chi connectivity index (χ1) is 12.0. The van der Waals surface area contributed by atoms with Crippen LogP contribution in [0, 0.1) is 11.8 Å². The minimum absolute atomic E-state index is 0.156. The van der Waals surface area contributed by atoms with Crippen LogP contribution < -0.4 is 10.6 Å². The molecule has 1 aromatic carbocycles. The van der Waals surface area contributed by atoms with Gasteiger partial charge >= 0.3 is 5.97 Å². The van der Waals surface area contributed by atoms with Crippen molar-refractivity contribution < 1.29 is 19.5 Å². The molecular weight excluding hydrogens is 322 g/mol. The van der Waals surface area contributed by atoms with Gasteiger partial charge in [0.05, 0.1) is 23.7 Å². The molecule has 0 unspecified atom stereocenters. The summed E-state index contributed by atoms with van der Waals surface area (Å²) in [4.78, 5) is 39.4. The lowest BCUT2D eigenvalue weighted by atomic mass is 10.0. The summed E-state index contributed by atoms with van der Waals surface area (Å²) in [5, 5.41) is 15.2. The summed E-state index contributed by atoms with van der Waals surface area (Å²) in [5.41, 5.74) is 1.27. The Morgan fingerprint density at radius 3 is 2.64 bits per heavy atom. The van der Waals surface area contributed by atoms with Gasteiger partial charge in [-0.1, -0.05) is 18.2 Å². The van der Waals surface area contributed by atoms with Gasteiger partial charge in [0.1, 0.15) is 0 Å². The average molecular weight is 341 g/mol. The fourth-order valence-electron chi connectivity index (χ4n) is 3.16. The van der Waals surface area contributed by atoms with E-state index in [1.165, 1.54) is 0 Å². The number of aliphatic carboxylic acids is 1. The molecule has 0 spiro atoms. The summed E-state index contributed by atoms with van der Waals surface area (Å²) in [5.74, 6) is -2.29. The molecule has 25 heavy (non-hydrogen) atoms. The van der Waals surface area contributed by atoms with Gasteiger partial charge in [0, 0.05) is 17.5 Å². The number of hydrogen-bond donors (Lipinski definition) is 3. The van der Waals surface area contributed by atoms with Crippen molar-refractivity contribution in [3.05, 3.63) is 36.5 Å². The zero-order valence-electron chi connectivity index (χ0n) is 13.6. The predicted octanol–water partition coefficient (Wildman–Crippen LogP) is 1.79. The molecule has 1 aliphatic carbocycles. The van der Waals surface area contributed by atoms with Crippen LogP contribution in [-0.2, 0) is 14.4 Å². The Bertz CT molecular complexity index is 816. The molecule has 3 N–H and O–H groups in total. The highest BCUT2D eigenvalue weighted by molar-refractivity contribution is 6.01. The molecule has 130 valence electrons. The van der Waals surface area contributed by atoms with Gasteiger partial charge in [-0.15, -0.1) is 0 Å². The van der Waals surface area contributed by atoms with Crippen molar-refractivity contribution in [3.8, 4) is 0 Å². The van der Waals surface area contributed by atoms with Crippen LogP contribution in [-0.4, -0.2) is 34.4 Å². The molecular formula is C18H19N3O4. The highest BCUT2D eigenvalue weighted by Crippen LogP contribution is 2.31. The van der Waals surface area contributed by atoms with Crippen molar-refractivity contribution in [2.45, 2.75) is 19.3 Å². The first kappa shape index (κ1) is 16.9. The van der Waals surface area contributed by atoms with Crippen molar-refractivity contribution >= 4 is 34.4 Å². The molecule has 0 bridgehead atoms. The fraction of sp³-hybridized carbons (Fsp3) is 0.333. The van der Waals surface area contributed by atoms with Gasteiger partial charge in [0.2, 0.25) is 11.8 Å². The van der Waals surface area contributed by atoms with E-state index in [2.05, 4.69) is 15.6 Å². The van der Waals surface area contributed by atoms with Crippen LogP contribution in [0.5, 0.6) is 0 Å². The van der Waals surface area contributed by atoms with Crippen LogP contribution in [0.1, 0.15) is 19.3 Å². The van der Waals surface area contributed by atoms with E-state index < -0.39 is 11.9 Å². The van der Waals surface area contributed by atoms with E-state index in [4.69, 9.17) is 5.11 Å². The Morgan fingerprint density at radius 2 is 1.88 bits per heavy atom. The lowest BCUT2D eigenvalue weighted by Gasteiger charge is -2.12. The zero-order chi connectivity index (χ0) is 17.8. The Hall–Kier alpha value is -2.96. The molecule has 1 aromatic heterocycles. The van der Waals surface area contributed by atoms with Crippen LogP contribution in [0.3, 0.4) is 0 Å². The second-order valence-corrected chi connectivity index (χ2v) is 6.19. The number of hydrogen-bond acceptors (Lipinski definition) is 4. The van der Waals surface area contributed by atoms with E-state index in [1.807, 2.05) is 24.3 Å². The van der Waals surface area contributed by atoms with Crippen LogP contribution in [0.25, 0.3) is 10.9 Å². The molecule has 0 aliphatic heterocycles. The Kier molecular flexibility index (Phi) is 4.92. The molecule has 2 amide bonds. The lowest BCUT2D eigenvalue weighted by Crippen LogP contribution is -2.36. The summed E-state index contributed by atoms with van der Waals surface area (Å²) in [6, 6.07) is 9.20. The number of pyridine rings is 1. The van der Waals surface area contributed by atoms with Crippen LogP contribution >= 0.6 is 0 Å². The Labute approximate surface area is 144 Å². The van der Waals surface area contributed by atoms with Crippen LogP contribution in [0.2, 0.25) is 0 Å². The first-order valence-electron chi connectivity index (χ1n) is 8.18. The van der Waals surface area contributed by atoms with Gasteiger partial charge in [0.25, 0.3) is 0 Å². The summed E-state index contributed by atoms with van der Waals surface area (Å²) < 4.78 is 0. The quantitative estimate of drug-likeness (QED) is 0.768. The van der Waals surface area contributed by atoms with E-state index >= 15 is 0 Å². The second-order valence-electron chi connectivity index (χ2n) is 6.19. The van der Waals surface area contributed by atoms with Gasteiger partial charge in [-0.05, 0) is 31.4 Å². The van der Waals surface area contributed by atoms with Gasteiger partial charge in [0.15, 0.2) is 0 Å². The molecule has 1 aliphatic rings. The number of amides is 2. The van der Waals surface area contributed by atoms with Gasteiger partial charge in [-0.25, -0.2) is 0 Å². The largest absolute Gasteiger partial charge is 0.481 e. The van der Waals surface area contributed by atoms with Crippen LogP contribution in [0.4, 0.5) is 5.69 Å². The van der Waals surface area contributed by atoms with Gasteiger partial charge in [-0.2, -0.15) is 0 Å². The molecule has 1 heterocycles. The van der Waals surface area contributed by atoms with E-state index in [0.717, 1.165) is 5.39 Å². The van der Waals surface area contributed by atoms with E-state index in [-0.39, 0.29) is 24.3 Å². The minimum atomic E-state index is -0.864. The summed E-state index contributed by atoms with van der Waals surface area (Å²) in [6.07, 6.45) is 3.02. The normalized spacial score (nSPS) is 19.5. The van der Waals surface area contributed by atoms with E-state index in [1.54, 1.807) is 12.3 Å². The molecule has 0 radical (unpaired) electrons. The van der Waals surface area contributed by atoms with Gasteiger partial charge in [-0.3, -0.25) is 19.4 Å². The number of carbonyl (C=O) groups excluding carboxylic acids is 2. The summed E-state index contributed by atoms with van der Waals surface area (Å²) in [7, 11) is 0. The van der Waals surface area contributed by atoms with Crippen molar-refractivity contribution in [3.63, 3.8) is 0 Å². The van der Waals surface area contributed by atoms with Crippen LogP contribution in [0.15, 0.2) is 36.5 Å². The number of nitrogens with one attached hydrogen (secondary N) is 2. The fourth-order valence-corrected chi connectivity index (χ4v) is 3.16. The highest BCUT2D eigenvalue weighted by atomic mass is 16.4. The predicted molar refractivity (Wildman–Crippen MR) is 91.8 cm³/mol. The number of para-hydroxylation sites is 1. The number of aromatic nitrogens is 1. The highest BCUT2D eigenvalue weighted by Gasteiger charge is 2.33. The summed E-state index contributed by atoms with van der Waals surface area (Å²) in [6.45, 7) is -0.156. The van der Waals surface area contributed by atoms with Crippen molar-refractivity contribution in [2.24, 2.45) is 11.8 Å². The van der Waals surface area contributed by atoms with E-state index in [0.29, 0.717) is 30.5 Å². The number of benzene rings is 1. The molecule has 2 aromatic rings. The summed E-state index contributed by atoms with van der Waals surface area (Å²) >= 11 is 0. The molecule has 2 atom stereocenters. The smallest absolute Gasteiger partial charge is 0.306 e. The van der Waals surface area contributed by atoms with Gasteiger partial charge < -0.3 is 15.7 Å². The number of carbonyl (C=O) groups is 3. The van der Waals surface area contributed by atoms with E-state index in [9.17, 15) is 14.4 Å². The number of carboxylic acid groups (broad SMARTS) is 1. The molecule has 3 rings (SSSR count). The maximum atomic E-state index is 12.1.